The van der Waals surface area contributed by atoms with Crippen molar-refractivity contribution in [2.75, 3.05) is 4.72 Å². The number of aromatic nitrogens is 1. The molecular formula is C23H17N3O2S. The number of hydrogen-bond acceptors (Lipinski definition) is 4. The summed E-state index contributed by atoms with van der Waals surface area (Å²) in [4.78, 5) is 4.73. The Kier molecular flexibility index (Phi) is 4.75. The van der Waals surface area contributed by atoms with E-state index >= 15 is 0 Å². The van der Waals surface area contributed by atoms with Crippen molar-refractivity contribution in [2.45, 2.75) is 11.8 Å². The fraction of sp³-hybridized carbons (Fsp3) is 0.0435. The van der Waals surface area contributed by atoms with Crippen LogP contribution in [0.1, 0.15) is 11.1 Å². The average Bonchev–Trinajstić information content (AvgIpc) is 2.73. The molecule has 3 aromatic carbocycles. The monoisotopic (exact) mass is 399 g/mol. The van der Waals surface area contributed by atoms with Gasteiger partial charge in [-0.05, 0) is 49.4 Å². The normalized spacial score (nSPS) is 11.2. The van der Waals surface area contributed by atoms with Crippen LogP contribution in [0.5, 0.6) is 0 Å². The minimum absolute atomic E-state index is 0.0355. The minimum Gasteiger partial charge on any atom is -0.279 e. The van der Waals surface area contributed by atoms with Crippen molar-refractivity contribution in [3.05, 3.63) is 90.0 Å². The third-order valence-electron chi connectivity index (χ3n) is 4.57. The Morgan fingerprint density at radius 3 is 2.59 bits per heavy atom. The van der Waals surface area contributed by atoms with E-state index in [4.69, 9.17) is 10.2 Å². The number of sulfonamides is 1. The summed E-state index contributed by atoms with van der Waals surface area (Å²) in [7, 11) is -3.85. The number of anilines is 1. The molecule has 0 spiro atoms. The van der Waals surface area contributed by atoms with Crippen molar-refractivity contribution in [1.82, 2.24) is 4.98 Å². The quantitative estimate of drug-likeness (QED) is 0.530. The molecule has 0 saturated carbocycles. The Morgan fingerprint density at radius 1 is 0.931 bits per heavy atom. The largest absolute Gasteiger partial charge is 0.279 e. The standard InChI is InChI=1S/C23H17N3O2S/c1-16-9-11-21-18(13-16)10-12-22(25-21)20-7-2-3-8-23(20)26-29(27,28)19-6-4-5-17(14-19)15-24/h2-14,26H,1H3. The molecule has 142 valence electrons. The Morgan fingerprint density at radius 2 is 1.76 bits per heavy atom. The molecule has 6 heteroatoms. The number of hydrogen-bond donors (Lipinski definition) is 1. The smallest absolute Gasteiger partial charge is 0.261 e. The van der Waals surface area contributed by atoms with Gasteiger partial charge in [-0.25, -0.2) is 13.4 Å². The lowest BCUT2D eigenvalue weighted by molar-refractivity contribution is 0.601. The molecule has 0 aliphatic rings. The second-order valence-corrected chi connectivity index (χ2v) is 8.37. The van der Waals surface area contributed by atoms with Gasteiger partial charge >= 0.3 is 0 Å². The van der Waals surface area contributed by atoms with Crippen LogP contribution in [0.2, 0.25) is 0 Å². The van der Waals surface area contributed by atoms with Crippen LogP contribution >= 0.6 is 0 Å². The Labute approximate surface area is 169 Å². The highest BCUT2D eigenvalue weighted by Crippen LogP contribution is 2.30. The second kappa shape index (κ2) is 7.38. The molecule has 4 rings (SSSR count). The molecule has 4 aromatic rings. The molecule has 0 aliphatic heterocycles. The van der Waals surface area contributed by atoms with E-state index in [0.29, 0.717) is 16.9 Å². The summed E-state index contributed by atoms with van der Waals surface area (Å²) in [6, 6.07) is 24.9. The molecular weight excluding hydrogens is 382 g/mol. The maximum atomic E-state index is 12.9. The first-order valence-electron chi connectivity index (χ1n) is 8.96. The van der Waals surface area contributed by atoms with Gasteiger partial charge in [-0.1, -0.05) is 42.0 Å². The third kappa shape index (κ3) is 3.82. The third-order valence-corrected chi connectivity index (χ3v) is 5.93. The van der Waals surface area contributed by atoms with Gasteiger partial charge < -0.3 is 0 Å². The van der Waals surface area contributed by atoms with Gasteiger partial charge in [-0.15, -0.1) is 0 Å². The summed E-state index contributed by atoms with van der Waals surface area (Å²) in [6.45, 7) is 2.03. The SMILES string of the molecule is Cc1ccc2nc(-c3ccccc3NS(=O)(=O)c3cccc(C#N)c3)ccc2c1. The number of nitrogens with zero attached hydrogens (tertiary/aromatic N) is 2. The van der Waals surface area contributed by atoms with Gasteiger partial charge in [0.25, 0.3) is 10.0 Å². The highest BCUT2D eigenvalue weighted by molar-refractivity contribution is 7.92. The van der Waals surface area contributed by atoms with E-state index in [1.54, 1.807) is 24.3 Å². The van der Waals surface area contributed by atoms with Crippen LogP contribution < -0.4 is 4.72 Å². The van der Waals surface area contributed by atoms with E-state index in [9.17, 15) is 8.42 Å². The van der Waals surface area contributed by atoms with Gasteiger partial charge in [-0.2, -0.15) is 5.26 Å². The topological polar surface area (TPSA) is 82.8 Å². The summed E-state index contributed by atoms with van der Waals surface area (Å²) in [5.74, 6) is 0. The van der Waals surface area contributed by atoms with E-state index < -0.39 is 10.0 Å². The molecule has 1 N–H and O–H groups in total. The van der Waals surface area contributed by atoms with Crippen molar-refractivity contribution < 1.29 is 8.42 Å². The molecule has 0 amide bonds. The van der Waals surface area contributed by atoms with Crippen molar-refractivity contribution in [2.24, 2.45) is 0 Å². The molecule has 29 heavy (non-hydrogen) atoms. The first-order chi connectivity index (χ1) is 14.0. The summed E-state index contributed by atoms with van der Waals surface area (Å²) >= 11 is 0. The minimum atomic E-state index is -3.85. The molecule has 0 saturated heterocycles. The Hall–Kier alpha value is -3.69. The van der Waals surface area contributed by atoms with E-state index in [-0.39, 0.29) is 10.5 Å². The zero-order chi connectivity index (χ0) is 20.4. The predicted octanol–water partition coefficient (Wildman–Crippen LogP) is 4.88. The summed E-state index contributed by atoms with van der Waals surface area (Å²) in [5, 5.41) is 10.1. The van der Waals surface area contributed by atoms with Gasteiger partial charge in [0.1, 0.15) is 0 Å². The van der Waals surface area contributed by atoms with Crippen molar-refractivity contribution in [3.63, 3.8) is 0 Å². The lowest BCUT2D eigenvalue weighted by atomic mass is 10.1. The number of rotatable bonds is 4. The zero-order valence-electron chi connectivity index (χ0n) is 15.6. The summed E-state index contributed by atoms with van der Waals surface area (Å²) in [5.41, 5.74) is 4.05. The number of aryl methyl sites for hydroxylation is 1. The average molecular weight is 399 g/mol. The predicted molar refractivity (Wildman–Crippen MR) is 114 cm³/mol. The van der Waals surface area contributed by atoms with Gasteiger partial charge in [0.15, 0.2) is 0 Å². The Bertz CT molecular complexity index is 1370. The molecule has 0 fully saturated rings. The van der Waals surface area contributed by atoms with Crippen LogP contribution in [0.15, 0.2) is 83.8 Å². The highest BCUT2D eigenvalue weighted by Gasteiger charge is 2.17. The molecule has 0 radical (unpaired) electrons. The number of pyridine rings is 1. The van der Waals surface area contributed by atoms with Crippen LogP contribution in [0.4, 0.5) is 5.69 Å². The van der Waals surface area contributed by atoms with Crippen LogP contribution in [-0.2, 0) is 10.0 Å². The highest BCUT2D eigenvalue weighted by atomic mass is 32.2. The Balaban J connectivity index is 1.76. The van der Waals surface area contributed by atoms with Crippen LogP contribution in [0, 0.1) is 18.3 Å². The number of para-hydroxylation sites is 1. The van der Waals surface area contributed by atoms with Gasteiger partial charge in [0.05, 0.1) is 33.4 Å². The maximum absolute atomic E-state index is 12.9. The fourth-order valence-electron chi connectivity index (χ4n) is 3.13. The zero-order valence-corrected chi connectivity index (χ0v) is 16.4. The van der Waals surface area contributed by atoms with Crippen molar-refractivity contribution >= 4 is 26.6 Å². The summed E-state index contributed by atoms with van der Waals surface area (Å²) in [6.07, 6.45) is 0. The number of benzene rings is 3. The number of fused-ring (bicyclic) bond motifs is 1. The van der Waals surface area contributed by atoms with Crippen molar-refractivity contribution in [3.8, 4) is 17.3 Å². The molecule has 1 aromatic heterocycles. The van der Waals surface area contributed by atoms with E-state index in [2.05, 4.69) is 10.8 Å². The molecule has 0 unspecified atom stereocenters. The molecule has 0 aliphatic carbocycles. The molecule has 0 bridgehead atoms. The van der Waals surface area contributed by atoms with E-state index in [1.807, 2.05) is 49.4 Å². The number of nitrogens with one attached hydrogen (secondary N) is 1. The summed E-state index contributed by atoms with van der Waals surface area (Å²) < 4.78 is 28.4. The van der Waals surface area contributed by atoms with Crippen molar-refractivity contribution in [1.29, 1.82) is 5.26 Å². The lowest BCUT2D eigenvalue weighted by Crippen LogP contribution is -2.13. The number of nitriles is 1. The van der Waals surface area contributed by atoms with Gasteiger partial charge in [0, 0.05) is 10.9 Å². The van der Waals surface area contributed by atoms with Gasteiger partial charge in [-0.3, -0.25) is 4.72 Å². The fourth-order valence-corrected chi connectivity index (χ4v) is 4.25. The first-order valence-corrected chi connectivity index (χ1v) is 10.4. The molecule has 1 heterocycles. The van der Waals surface area contributed by atoms with E-state index in [0.717, 1.165) is 16.5 Å². The van der Waals surface area contributed by atoms with Crippen LogP contribution in [-0.4, -0.2) is 13.4 Å². The van der Waals surface area contributed by atoms with Crippen LogP contribution in [0.25, 0.3) is 22.2 Å². The first kappa shape index (κ1) is 18.7. The van der Waals surface area contributed by atoms with E-state index in [1.165, 1.54) is 12.1 Å². The molecule has 0 atom stereocenters. The maximum Gasteiger partial charge on any atom is 0.261 e. The second-order valence-electron chi connectivity index (χ2n) is 6.68. The van der Waals surface area contributed by atoms with Gasteiger partial charge in [0.2, 0.25) is 0 Å². The lowest BCUT2D eigenvalue weighted by Gasteiger charge is -2.13. The van der Waals surface area contributed by atoms with Crippen LogP contribution in [0.3, 0.4) is 0 Å². The molecule has 5 nitrogen and oxygen atoms in total.